The van der Waals surface area contributed by atoms with Gasteiger partial charge in [0.15, 0.2) is 11.6 Å². The quantitative estimate of drug-likeness (QED) is 0.653. The van der Waals surface area contributed by atoms with Crippen molar-refractivity contribution in [3.63, 3.8) is 0 Å². The van der Waals surface area contributed by atoms with Crippen LogP contribution in [-0.4, -0.2) is 38.0 Å². The number of hydrogen-bond donors (Lipinski definition) is 0. The molecule has 3 fully saturated rings. The molecule has 2 aliphatic heterocycles. The molecule has 0 radical (unpaired) electrons. The molecule has 2 heterocycles. The highest BCUT2D eigenvalue weighted by Crippen LogP contribution is 2.64. The van der Waals surface area contributed by atoms with Crippen LogP contribution in [0.4, 0.5) is 0 Å². The fourth-order valence-corrected chi connectivity index (χ4v) is 7.18. The Labute approximate surface area is 155 Å². The van der Waals surface area contributed by atoms with Crippen LogP contribution in [0.3, 0.4) is 0 Å². The maximum absolute atomic E-state index is 6.23. The summed E-state index contributed by atoms with van der Waals surface area (Å²) in [5.41, 5.74) is 5.08. The minimum absolute atomic E-state index is 0.142. The molecule has 6 aliphatic rings. The smallest absolute Gasteiger partial charge is 0.174 e. The van der Waals surface area contributed by atoms with Crippen LogP contribution in [0.2, 0.25) is 0 Å². The topological polar surface area (TPSA) is 36.9 Å². The lowest BCUT2D eigenvalue weighted by Gasteiger charge is -2.50. The third-order valence-corrected chi connectivity index (χ3v) is 8.44. The number of rotatable bonds is 0. The van der Waals surface area contributed by atoms with E-state index in [0.29, 0.717) is 11.8 Å². The van der Waals surface area contributed by atoms with Crippen molar-refractivity contribution >= 4 is 0 Å². The van der Waals surface area contributed by atoms with Crippen LogP contribution in [0.5, 0.6) is 0 Å². The summed E-state index contributed by atoms with van der Waals surface area (Å²) in [4.78, 5) is 0. The van der Waals surface area contributed by atoms with Crippen molar-refractivity contribution in [3.05, 3.63) is 22.8 Å². The van der Waals surface area contributed by atoms with Gasteiger partial charge in [-0.1, -0.05) is 18.6 Å². The minimum atomic E-state index is -0.309. The van der Waals surface area contributed by atoms with Gasteiger partial charge < -0.3 is 18.9 Å². The zero-order valence-corrected chi connectivity index (χ0v) is 15.9. The van der Waals surface area contributed by atoms with Crippen LogP contribution in [0.15, 0.2) is 22.8 Å². The number of allylic oxidation sites excluding steroid dienone is 3. The summed E-state index contributed by atoms with van der Waals surface area (Å²) in [6.07, 6.45) is 11.6. The first kappa shape index (κ1) is 16.3. The molecule has 4 aliphatic carbocycles. The maximum Gasteiger partial charge on any atom is 0.174 e. The van der Waals surface area contributed by atoms with Gasteiger partial charge in [-0.3, -0.25) is 0 Å². The summed E-state index contributed by atoms with van der Waals surface area (Å²) >= 11 is 0. The molecule has 0 bridgehead atoms. The van der Waals surface area contributed by atoms with E-state index in [1.807, 2.05) is 0 Å². The average Bonchev–Trinajstić information content (AvgIpc) is 3.37. The van der Waals surface area contributed by atoms with Crippen LogP contribution in [-0.2, 0) is 18.9 Å². The van der Waals surface area contributed by atoms with E-state index < -0.39 is 0 Å². The highest BCUT2D eigenvalue weighted by molar-refractivity contribution is 5.45. The van der Waals surface area contributed by atoms with Crippen molar-refractivity contribution in [2.75, 3.05) is 26.4 Å². The molecular weight excluding hydrogens is 328 g/mol. The van der Waals surface area contributed by atoms with E-state index in [-0.39, 0.29) is 17.0 Å². The highest BCUT2D eigenvalue weighted by atomic mass is 16.7. The summed E-state index contributed by atoms with van der Waals surface area (Å²) < 4.78 is 24.5. The van der Waals surface area contributed by atoms with Crippen molar-refractivity contribution in [2.24, 2.45) is 17.3 Å². The Kier molecular flexibility index (Phi) is 3.41. The van der Waals surface area contributed by atoms with Gasteiger partial charge >= 0.3 is 0 Å². The first-order valence-corrected chi connectivity index (χ1v) is 10.6. The van der Waals surface area contributed by atoms with Gasteiger partial charge in [0.2, 0.25) is 0 Å². The molecule has 3 atom stereocenters. The van der Waals surface area contributed by atoms with Gasteiger partial charge in [0, 0.05) is 24.7 Å². The molecule has 4 heteroatoms. The third kappa shape index (κ3) is 1.99. The predicted octanol–water partition coefficient (Wildman–Crippen LogP) is 4.11. The van der Waals surface area contributed by atoms with Crippen LogP contribution in [0, 0.1) is 17.3 Å². The summed E-state index contributed by atoms with van der Waals surface area (Å²) in [6, 6.07) is 0. The van der Waals surface area contributed by atoms with Crippen LogP contribution in [0.25, 0.3) is 0 Å². The van der Waals surface area contributed by atoms with E-state index in [1.165, 1.54) is 19.3 Å². The Morgan fingerprint density at radius 2 is 1.69 bits per heavy atom. The Hall–Kier alpha value is -0.680. The van der Waals surface area contributed by atoms with E-state index in [4.69, 9.17) is 18.9 Å². The molecule has 0 amide bonds. The van der Waals surface area contributed by atoms with Gasteiger partial charge in [-0.2, -0.15) is 0 Å². The predicted molar refractivity (Wildman–Crippen MR) is 96.4 cm³/mol. The largest absolute Gasteiger partial charge is 0.347 e. The van der Waals surface area contributed by atoms with Gasteiger partial charge in [-0.25, -0.2) is 0 Å². The molecule has 2 spiro atoms. The lowest BCUT2D eigenvalue weighted by atomic mass is 9.58. The molecule has 0 aromatic carbocycles. The van der Waals surface area contributed by atoms with E-state index >= 15 is 0 Å². The fourth-order valence-electron chi connectivity index (χ4n) is 7.18. The Bertz CT molecular complexity index is 680. The zero-order valence-electron chi connectivity index (χ0n) is 15.9. The van der Waals surface area contributed by atoms with Crippen molar-refractivity contribution in [2.45, 2.75) is 69.9 Å². The molecule has 2 saturated heterocycles. The minimum Gasteiger partial charge on any atom is -0.347 e. The third-order valence-electron chi connectivity index (χ3n) is 8.44. The normalized spacial score (nSPS) is 42.7. The summed E-state index contributed by atoms with van der Waals surface area (Å²) in [5.74, 6) is 0.790. The van der Waals surface area contributed by atoms with Crippen molar-refractivity contribution in [3.8, 4) is 0 Å². The Balaban J connectivity index is 1.34. The van der Waals surface area contributed by atoms with Crippen LogP contribution >= 0.6 is 0 Å². The van der Waals surface area contributed by atoms with E-state index in [1.54, 1.807) is 16.7 Å². The van der Waals surface area contributed by atoms with Crippen molar-refractivity contribution < 1.29 is 18.9 Å². The second-order valence-corrected chi connectivity index (χ2v) is 9.39. The maximum atomic E-state index is 6.23. The summed E-state index contributed by atoms with van der Waals surface area (Å²) in [6.45, 7) is 5.48. The highest BCUT2D eigenvalue weighted by Gasteiger charge is 2.64. The monoisotopic (exact) mass is 358 g/mol. The first-order valence-electron chi connectivity index (χ1n) is 10.6. The molecule has 0 aromatic heterocycles. The molecule has 0 N–H and O–H groups in total. The molecule has 26 heavy (non-hydrogen) atoms. The lowest BCUT2D eigenvalue weighted by molar-refractivity contribution is -0.227. The second-order valence-electron chi connectivity index (χ2n) is 9.39. The SMILES string of the molecule is C[C@]12CC=C3C4=C(CCC3C1CCC21OCCO1)CC1(CC4)OCCO1. The molecular formula is C22H30O4. The summed E-state index contributed by atoms with van der Waals surface area (Å²) in [5, 5.41) is 0. The van der Waals surface area contributed by atoms with E-state index in [0.717, 1.165) is 58.5 Å². The van der Waals surface area contributed by atoms with Crippen molar-refractivity contribution in [1.82, 2.24) is 0 Å². The standard InChI is InChI=1S/C22H30O4/c1-20-7-4-17-16-5-8-21(23-10-11-24-21)14-15(16)2-3-18(17)19(20)6-9-22(20)25-12-13-26-22/h4,18-19H,2-3,5-14H2,1H3/t18?,19?,20-/m0/s1. The number of hydrogen-bond acceptors (Lipinski definition) is 4. The van der Waals surface area contributed by atoms with Crippen molar-refractivity contribution in [1.29, 1.82) is 0 Å². The lowest BCUT2D eigenvalue weighted by Crippen LogP contribution is -2.49. The molecule has 1 saturated carbocycles. The Morgan fingerprint density at radius 3 is 2.50 bits per heavy atom. The van der Waals surface area contributed by atoms with Gasteiger partial charge in [0.1, 0.15) is 0 Å². The molecule has 2 unspecified atom stereocenters. The first-order chi connectivity index (χ1) is 12.6. The zero-order chi connectivity index (χ0) is 17.4. The van der Waals surface area contributed by atoms with Gasteiger partial charge in [-0.05, 0) is 55.1 Å². The summed E-state index contributed by atoms with van der Waals surface area (Å²) in [7, 11) is 0. The molecule has 4 nitrogen and oxygen atoms in total. The molecule has 142 valence electrons. The van der Waals surface area contributed by atoms with Gasteiger partial charge in [0.25, 0.3) is 0 Å². The van der Waals surface area contributed by atoms with E-state index in [9.17, 15) is 0 Å². The van der Waals surface area contributed by atoms with Gasteiger partial charge in [0.05, 0.1) is 26.4 Å². The molecule has 6 rings (SSSR count). The average molecular weight is 358 g/mol. The number of fused-ring (bicyclic) bond motifs is 5. The second kappa shape index (κ2) is 5.44. The van der Waals surface area contributed by atoms with Crippen LogP contribution < -0.4 is 0 Å². The van der Waals surface area contributed by atoms with Crippen LogP contribution in [0.1, 0.15) is 58.3 Å². The van der Waals surface area contributed by atoms with Gasteiger partial charge in [-0.15, -0.1) is 0 Å². The Morgan fingerprint density at radius 1 is 0.923 bits per heavy atom. The molecule has 0 aromatic rings. The fraction of sp³-hybridized carbons (Fsp3) is 0.818. The van der Waals surface area contributed by atoms with E-state index in [2.05, 4.69) is 13.0 Å². The number of ether oxygens (including phenoxy) is 4.